The molecule has 0 aliphatic heterocycles. The number of anilines is 1. The number of rotatable bonds is 5. The van der Waals surface area contributed by atoms with Gasteiger partial charge >= 0.3 is 0 Å². The van der Waals surface area contributed by atoms with Gasteiger partial charge in [-0.15, -0.1) is 0 Å². The van der Waals surface area contributed by atoms with Gasteiger partial charge in [-0.1, -0.05) is 24.3 Å². The number of nitrogens with one attached hydrogen (secondary N) is 1. The van der Waals surface area contributed by atoms with Gasteiger partial charge in [0.15, 0.2) is 0 Å². The van der Waals surface area contributed by atoms with E-state index in [0.29, 0.717) is 13.0 Å². The smallest absolute Gasteiger partial charge is 0.227 e. The zero-order valence-electron chi connectivity index (χ0n) is 12.9. The number of aryl methyl sites for hydroxylation is 3. The molecule has 0 unspecified atom stereocenters. The van der Waals surface area contributed by atoms with Crippen LogP contribution in [0.15, 0.2) is 42.5 Å². The van der Waals surface area contributed by atoms with Crippen molar-refractivity contribution in [1.29, 1.82) is 0 Å². The lowest BCUT2D eigenvalue weighted by molar-refractivity contribution is -0.116. The van der Waals surface area contributed by atoms with E-state index in [4.69, 9.17) is 4.74 Å². The summed E-state index contributed by atoms with van der Waals surface area (Å²) in [4.78, 5) is 12.0. The third kappa shape index (κ3) is 3.48. The minimum atomic E-state index is -0.00784. The van der Waals surface area contributed by atoms with Gasteiger partial charge < -0.3 is 10.1 Å². The first-order valence-corrected chi connectivity index (χ1v) is 7.82. The van der Waals surface area contributed by atoms with Gasteiger partial charge in [-0.25, -0.2) is 0 Å². The van der Waals surface area contributed by atoms with Crippen molar-refractivity contribution in [3.63, 3.8) is 0 Å². The highest BCUT2D eigenvalue weighted by Crippen LogP contribution is 2.25. The molecule has 3 nitrogen and oxygen atoms in total. The Hall–Kier alpha value is -2.29. The van der Waals surface area contributed by atoms with Crippen LogP contribution in [0.1, 0.15) is 29.5 Å². The van der Waals surface area contributed by atoms with Crippen molar-refractivity contribution in [2.75, 3.05) is 11.9 Å². The molecule has 0 spiro atoms. The topological polar surface area (TPSA) is 38.3 Å². The number of carbonyl (C=O) groups is 1. The number of fused-ring (bicyclic) bond motifs is 1. The lowest BCUT2D eigenvalue weighted by atomic mass is 10.1. The molecule has 0 fully saturated rings. The molecule has 114 valence electrons. The monoisotopic (exact) mass is 295 g/mol. The van der Waals surface area contributed by atoms with Crippen molar-refractivity contribution >= 4 is 11.6 Å². The molecule has 22 heavy (non-hydrogen) atoms. The van der Waals surface area contributed by atoms with E-state index in [1.54, 1.807) is 0 Å². The molecule has 0 aromatic heterocycles. The minimum absolute atomic E-state index is 0.00784. The molecule has 0 saturated heterocycles. The van der Waals surface area contributed by atoms with E-state index < -0.39 is 0 Å². The quantitative estimate of drug-likeness (QED) is 0.908. The summed E-state index contributed by atoms with van der Waals surface area (Å²) in [6.45, 7) is 2.39. The molecule has 0 bridgehead atoms. The number of carbonyl (C=O) groups excluding carboxylic acids is 1. The molecular formula is C19H21NO2. The fourth-order valence-electron chi connectivity index (χ4n) is 2.85. The summed E-state index contributed by atoms with van der Waals surface area (Å²) in [6.07, 6.45) is 3.85. The average Bonchev–Trinajstić information content (AvgIpc) is 2.97. The minimum Gasteiger partial charge on any atom is -0.493 e. The normalized spacial score (nSPS) is 12.8. The van der Waals surface area contributed by atoms with E-state index in [1.165, 1.54) is 17.5 Å². The van der Waals surface area contributed by atoms with Gasteiger partial charge in [-0.3, -0.25) is 4.79 Å². The maximum Gasteiger partial charge on any atom is 0.227 e. The van der Waals surface area contributed by atoms with Gasteiger partial charge in [0, 0.05) is 5.69 Å². The average molecular weight is 295 g/mol. The highest BCUT2D eigenvalue weighted by atomic mass is 16.5. The van der Waals surface area contributed by atoms with E-state index in [2.05, 4.69) is 17.4 Å². The lowest BCUT2D eigenvalue weighted by Gasteiger charge is -2.10. The van der Waals surface area contributed by atoms with Crippen molar-refractivity contribution in [1.82, 2.24) is 0 Å². The van der Waals surface area contributed by atoms with Gasteiger partial charge in [-0.2, -0.15) is 0 Å². The SMILES string of the molecule is Cc1ccccc1OCCC(=O)Nc1ccc2c(c1)CCC2. The second kappa shape index (κ2) is 6.65. The molecule has 1 aliphatic carbocycles. The summed E-state index contributed by atoms with van der Waals surface area (Å²) in [5.41, 5.74) is 4.76. The van der Waals surface area contributed by atoms with Gasteiger partial charge in [0.2, 0.25) is 5.91 Å². The van der Waals surface area contributed by atoms with Crippen molar-refractivity contribution in [2.45, 2.75) is 32.6 Å². The molecule has 0 saturated carbocycles. The van der Waals surface area contributed by atoms with Crippen LogP contribution in [-0.4, -0.2) is 12.5 Å². The largest absolute Gasteiger partial charge is 0.493 e. The summed E-state index contributed by atoms with van der Waals surface area (Å²) in [5, 5.41) is 2.95. The van der Waals surface area contributed by atoms with Crippen LogP contribution in [0.2, 0.25) is 0 Å². The van der Waals surface area contributed by atoms with Crippen LogP contribution in [0.3, 0.4) is 0 Å². The maximum absolute atomic E-state index is 12.0. The van der Waals surface area contributed by atoms with Crippen LogP contribution >= 0.6 is 0 Å². The summed E-state index contributed by atoms with van der Waals surface area (Å²) >= 11 is 0. The first kappa shape index (κ1) is 14.6. The van der Waals surface area contributed by atoms with Crippen molar-refractivity contribution in [3.8, 4) is 5.75 Å². The number of hydrogen-bond acceptors (Lipinski definition) is 2. The predicted octanol–water partition coefficient (Wildman–Crippen LogP) is 3.89. The van der Waals surface area contributed by atoms with E-state index in [0.717, 1.165) is 29.8 Å². The van der Waals surface area contributed by atoms with Gasteiger partial charge in [0.1, 0.15) is 5.75 Å². The third-order valence-corrected chi connectivity index (χ3v) is 4.06. The van der Waals surface area contributed by atoms with Crippen LogP contribution in [0.4, 0.5) is 5.69 Å². The first-order chi connectivity index (χ1) is 10.7. The van der Waals surface area contributed by atoms with Crippen molar-refractivity contribution in [3.05, 3.63) is 59.2 Å². The highest BCUT2D eigenvalue weighted by molar-refractivity contribution is 5.90. The Labute approximate surface area is 131 Å². The number of hydrogen-bond donors (Lipinski definition) is 1. The molecule has 2 aromatic rings. The Morgan fingerprint density at radius 3 is 2.82 bits per heavy atom. The van der Waals surface area contributed by atoms with E-state index in [-0.39, 0.29) is 5.91 Å². The molecule has 1 N–H and O–H groups in total. The van der Waals surface area contributed by atoms with E-state index in [9.17, 15) is 4.79 Å². The summed E-state index contributed by atoms with van der Waals surface area (Å²) < 4.78 is 5.66. The van der Waals surface area contributed by atoms with Crippen molar-refractivity contribution < 1.29 is 9.53 Å². The number of benzene rings is 2. The van der Waals surface area contributed by atoms with Crippen LogP contribution in [0.25, 0.3) is 0 Å². The summed E-state index contributed by atoms with van der Waals surface area (Å²) in [7, 11) is 0. The highest BCUT2D eigenvalue weighted by Gasteiger charge is 2.11. The van der Waals surface area contributed by atoms with Gasteiger partial charge in [-0.05, 0) is 61.1 Å². The van der Waals surface area contributed by atoms with E-state index >= 15 is 0 Å². The Bertz CT molecular complexity index is 679. The van der Waals surface area contributed by atoms with Crippen LogP contribution in [0, 0.1) is 6.92 Å². The molecule has 3 heteroatoms. The molecule has 0 atom stereocenters. The lowest BCUT2D eigenvalue weighted by Crippen LogP contribution is -2.15. The summed E-state index contributed by atoms with van der Waals surface area (Å²) in [6, 6.07) is 14.1. The van der Waals surface area contributed by atoms with Gasteiger partial charge in [0.25, 0.3) is 0 Å². The van der Waals surface area contributed by atoms with E-state index in [1.807, 2.05) is 37.3 Å². The number of amides is 1. The number of para-hydroxylation sites is 1. The van der Waals surface area contributed by atoms with Crippen LogP contribution in [-0.2, 0) is 17.6 Å². The molecule has 0 radical (unpaired) electrons. The molecule has 1 amide bonds. The zero-order valence-corrected chi connectivity index (χ0v) is 12.9. The molecule has 0 heterocycles. The van der Waals surface area contributed by atoms with Crippen LogP contribution < -0.4 is 10.1 Å². The van der Waals surface area contributed by atoms with Crippen LogP contribution in [0.5, 0.6) is 5.75 Å². The molecule has 1 aliphatic rings. The second-order valence-electron chi connectivity index (χ2n) is 5.75. The number of ether oxygens (including phenoxy) is 1. The summed E-state index contributed by atoms with van der Waals surface area (Å²) in [5.74, 6) is 0.833. The fraction of sp³-hybridized carbons (Fsp3) is 0.316. The Balaban J connectivity index is 1.49. The Kier molecular flexibility index (Phi) is 4.42. The predicted molar refractivity (Wildman–Crippen MR) is 88.4 cm³/mol. The maximum atomic E-state index is 12.0. The van der Waals surface area contributed by atoms with Crippen molar-refractivity contribution in [2.24, 2.45) is 0 Å². The third-order valence-electron chi connectivity index (χ3n) is 4.06. The fourth-order valence-corrected chi connectivity index (χ4v) is 2.85. The first-order valence-electron chi connectivity index (χ1n) is 7.82. The standard InChI is InChI=1S/C19H21NO2/c1-14-5-2-3-8-18(14)22-12-11-19(21)20-17-10-9-15-6-4-7-16(15)13-17/h2-3,5,8-10,13H,4,6-7,11-12H2,1H3,(H,20,21). The zero-order chi connectivity index (χ0) is 15.4. The Morgan fingerprint density at radius 2 is 1.95 bits per heavy atom. The second-order valence-corrected chi connectivity index (χ2v) is 5.75. The van der Waals surface area contributed by atoms with Gasteiger partial charge in [0.05, 0.1) is 13.0 Å². The Morgan fingerprint density at radius 1 is 1.14 bits per heavy atom. The molecule has 2 aromatic carbocycles. The molecule has 3 rings (SSSR count). The molecular weight excluding hydrogens is 274 g/mol.